The maximum atomic E-state index is 5.96. The van der Waals surface area contributed by atoms with Crippen LogP contribution >= 0.6 is 0 Å². The Labute approximate surface area is 121 Å². The molecule has 0 saturated carbocycles. The Balaban J connectivity index is 1.47. The number of hydrogen-bond donors (Lipinski definition) is 0. The van der Waals surface area contributed by atoms with Crippen molar-refractivity contribution in [1.29, 1.82) is 0 Å². The monoisotopic (exact) mass is 270 g/mol. The average molecular weight is 270 g/mol. The van der Waals surface area contributed by atoms with E-state index in [1.165, 1.54) is 17.6 Å². The quantitative estimate of drug-likeness (QED) is 0.440. The van der Waals surface area contributed by atoms with Crippen LogP contribution in [0.15, 0.2) is 54.1 Å². The van der Waals surface area contributed by atoms with Crippen molar-refractivity contribution >= 4 is 0 Å². The molecule has 106 valence electrons. The Bertz CT molecular complexity index is 513. The van der Waals surface area contributed by atoms with Crippen molar-refractivity contribution in [1.82, 2.24) is 0 Å². The minimum Gasteiger partial charge on any atom is -0.351 e. The van der Waals surface area contributed by atoms with E-state index in [0.29, 0.717) is 25.2 Å². The topological polar surface area (TPSA) is 18.5 Å². The molecule has 0 amide bonds. The number of fused-ring (bicyclic) bond motifs is 2. The molecule has 2 heteroatoms. The van der Waals surface area contributed by atoms with Gasteiger partial charge in [-0.1, -0.05) is 48.6 Å². The Morgan fingerprint density at radius 1 is 1.15 bits per heavy atom. The summed E-state index contributed by atoms with van der Waals surface area (Å²) in [7, 11) is 0. The number of allylic oxidation sites excluding steroid dienone is 3. The Morgan fingerprint density at radius 3 is 2.60 bits per heavy atom. The number of ether oxygens (including phenoxy) is 2. The number of benzene rings is 1. The lowest BCUT2D eigenvalue weighted by atomic mass is 9.89. The molecular weight excluding hydrogens is 248 g/mol. The molecule has 2 nitrogen and oxygen atoms in total. The van der Waals surface area contributed by atoms with Crippen molar-refractivity contribution in [2.24, 2.45) is 11.8 Å². The number of rotatable bonds is 6. The lowest BCUT2D eigenvalue weighted by Gasteiger charge is -2.30. The lowest BCUT2D eigenvalue weighted by molar-refractivity contribution is -0.119. The van der Waals surface area contributed by atoms with E-state index < -0.39 is 0 Å². The van der Waals surface area contributed by atoms with Gasteiger partial charge in [0.25, 0.3) is 0 Å². The van der Waals surface area contributed by atoms with Gasteiger partial charge in [-0.2, -0.15) is 0 Å². The second-order valence-electron chi connectivity index (χ2n) is 6.12. The molecule has 0 radical (unpaired) electrons. The van der Waals surface area contributed by atoms with E-state index in [-0.39, 0.29) is 5.60 Å². The molecule has 0 heterocycles. The van der Waals surface area contributed by atoms with E-state index in [1.54, 1.807) is 0 Å². The van der Waals surface area contributed by atoms with Gasteiger partial charge in [0.15, 0.2) is 0 Å². The summed E-state index contributed by atoms with van der Waals surface area (Å²) in [6.07, 6.45) is 8.21. The fourth-order valence-corrected chi connectivity index (χ4v) is 3.09. The van der Waals surface area contributed by atoms with Crippen molar-refractivity contribution in [3.05, 3.63) is 59.7 Å². The van der Waals surface area contributed by atoms with E-state index in [4.69, 9.17) is 9.47 Å². The third kappa shape index (κ3) is 2.87. The first kappa shape index (κ1) is 13.6. The molecule has 0 fully saturated rings. The van der Waals surface area contributed by atoms with E-state index in [1.807, 2.05) is 18.2 Å². The van der Waals surface area contributed by atoms with Gasteiger partial charge in [-0.15, -0.1) is 0 Å². The number of hydrogen-bond acceptors (Lipinski definition) is 2. The van der Waals surface area contributed by atoms with Crippen LogP contribution in [0.2, 0.25) is 0 Å². The van der Waals surface area contributed by atoms with Crippen molar-refractivity contribution in [2.75, 3.05) is 6.79 Å². The van der Waals surface area contributed by atoms with Gasteiger partial charge in [-0.05, 0) is 37.3 Å². The highest BCUT2D eigenvalue weighted by molar-refractivity contribution is 5.35. The fourth-order valence-electron chi connectivity index (χ4n) is 3.09. The van der Waals surface area contributed by atoms with Crippen LogP contribution in [0.25, 0.3) is 0 Å². The molecule has 0 aliphatic heterocycles. The molecule has 1 unspecified atom stereocenters. The molecule has 1 aromatic rings. The summed E-state index contributed by atoms with van der Waals surface area (Å²) in [5.74, 6) is 1.20. The van der Waals surface area contributed by atoms with Gasteiger partial charge in [0.1, 0.15) is 6.79 Å². The zero-order valence-electron chi connectivity index (χ0n) is 12.2. The molecule has 2 aliphatic carbocycles. The molecule has 2 aliphatic rings. The summed E-state index contributed by atoms with van der Waals surface area (Å²) in [5, 5.41) is 0. The van der Waals surface area contributed by atoms with E-state index in [0.717, 1.165) is 0 Å². The smallest absolute Gasteiger partial charge is 0.148 e. The zero-order chi connectivity index (χ0) is 14.0. The van der Waals surface area contributed by atoms with Gasteiger partial charge in [0.2, 0.25) is 0 Å². The molecule has 20 heavy (non-hydrogen) atoms. The molecule has 1 aromatic carbocycles. The van der Waals surface area contributed by atoms with Gasteiger partial charge in [0, 0.05) is 5.92 Å². The molecule has 0 saturated heterocycles. The van der Waals surface area contributed by atoms with Crippen LogP contribution in [0.5, 0.6) is 0 Å². The second-order valence-corrected chi connectivity index (χ2v) is 6.12. The van der Waals surface area contributed by atoms with Gasteiger partial charge >= 0.3 is 0 Å². The third-order valence-electron chi connectivity index (χ3n) is 4.22. The van der Waals surface area contributed by atoms with E-state index >= 15 is 0 Å². The van der Waals surface area contributed by atoms with Crippen LogP contribution in [-0.2, 0) is 16.1 Å². The van der Waals surface area contributed by atoms with Gasteiger partial charge in [0.05, 0.1) is 12.2 Å². The first-order valence-corrected chi connectivity index (χ1v) is 7.31. The van der Waals surface area contributed by atoms with Gasteiger partial charge in [-0.3, -0.25) is 0 Å². The highest BCUT2D eigenvalue weighted by Gasteiger charge is 2.37. The van der Waals surface area contributed by atoms with Crippen LogP contribution < -0.4 is 0 Å². The summed E-state index contributed by atoms with van der Waals surface area (Å²) in [5.41, 5.74) is 2.35. The van der Waals surface area contributed by atoms with Crippen LogP contribution in [0, 0.1) is 11.8 Å². The minimum absolute atomic E-state index is 0.235. The SMILES string of the molecule is CC(C)(OCOCc1ccccc1)C1=C[C@H]2C=CC1C2. The van der Waals surface area contributed by atoms with Crippen LogP contribution in [0.4, 0.5) is 0 Å². The molecule has 2 bridgehead atoms. The average Bonchev–Trinajstić information content (AvgIpc) is 3.08. The molecular formula is C18H22O2. The maximum Gasteiger partial charge on any atom is 0.148 e. The molecule has 0 aromatic heterocycles. The standard InChI is InChI=1S/C18H22O2/c1-18(2,17-11-15-8-9-16(17)10-15)20-13-19-12-14-6-4-3-5-7-14/h3-9,11,15-16H,10,12-13H2,1-2H3/t15-,16?/m0/s1. The summed E-state index contributed by atoms with van der Waals surface area (Å²) >= 11 is 0. The van der Waals surface area contributed by atoms with Crippen molar-refractivity contribution in [3.8, 4) is 0 Å². The Kier molecular flexibility index (Phi) is 3.77. The highest BCUT2D eigenvalue weighted by Crippen LogP contribution is 2.44. The Hall–Kier alpha value is -1.38. The van der Waals surface area contributed by atoms with Crippen molar-refractivity contribution < 1.29 is 9.47 Å². The largest absolute Gasteiger partial charge is 0.351 e. The summed E-state index contributed by atoms with van der Waals surface area (Å²) in [4.78, 5) is 0. The lowest BCUT2D eigenvalue weighted by Crippen LogP contribution is -2.30. The van der Waals surface area contributed by atoms with Gasteiger partial charge < -0.3 is 9.47 Å². The molecule has 2 atom stereocenters. The summed E-state index contributed by atoms with van der Waals surface area (Å²) in [6, 6.07) is 10.2. The third-order valence-corrected chi connectivity index (χ3v) is 4.22. The first-order chi connectivity index (χ1) is 9.65. The molecule has 0 N–H and O–H groups in total. The zero-order valence-corrected chi connectivity index (χ0v) is 12.2. The normalized spacial score (nSPS) is 24.2. The fraction of sp³-hybridized carbons (Fsp3) is 0.444. The van der Waals surface area contributed by atoms with Crippen molar-refractivity contribution in [3.63, 3.8) is 0 Å². The summed E-state index contributed by atoms with van der Waals surface area (Å²) in [6.45, 7) is 5.21. The predicted molar refractivity (Wildman–Crippen MR) is 80.1 cm³/mol. The molecule has 3 rings (SSSR count). The predicted octanol–water partition coefficient (Wildman–Crippen LogP) is 4.09. The summed E-state index contributed by atoms with van der Waals surface area (Å²) < 4.78 is 11.6. The van der Waals surface area contributed by atoms with E-state index in [2.05, 4.69) is 44.2 Å². The minimum atomic E-state index is -0.235. The second kappa shape index (κ2) is 5.55. The van der Waals surface area contributed by atoms with Crippen LogP contribution in [-0.4, -0.2) is 12.4 Å². The Morgan fingerprint density at radius 2 is 1.95 bits per heavy atom. The molecule has 0 spiro atoms. The van der Waals surface area contributed by atoms with E-state index in [9.17, 15) is 0 Å². The maximum absolute atomic E-state index is 5.96. The first-order valence-electron chi connectivity index (χ1n) is 7.31. The highest BCUT2D eigenvalue weighted by atomic mass is 16.7. The van der Waals surface area contributed by atoms with Gasteiger partial charge in [-0.25, -0.2) is 0 Å². The van der Waals surface area contributed by atoms with Crippen LogP contribution in [0.3, 0.4) is 0 Å². The van der Waals surface area contributed by atoms with Crippen molar-refractivity contribution in [2.45, 2.75) is 32.5 Å². The van der Waals surface area contributed by atoms with Crippen LogP contribution in [0.1, 0.15) is 25.8 Å².